The second kappa shape index (κ2) is 6.57. The molecular weight excluding hydrogens is 392 g/mol. The van der Waals surface area contributed by atoms with Crippen LogP contribution in [0.4, 0.5) is 13.2 Å². The predicted molar refractivity (Wildman–Crippen MR) is 91.1 cm³/mol. The van der Waals surface area contributed by atoms with Crippen LogP contribution in [0, 0.1) is 0 Å². The largest absolute Gasteiger partial charge is 0.431 e. The highest BCUT2D eigenvalue weighted by molar-refractivity contribution is 6.31. The number of amides is 1. The first-order chi connectivity index (χ1) is 12.1. The molecule has 9 heteroatoms. The Bertz CT molecular complexity index is 884. The second-order valence-corrected chi connectivity index (χ2v) is 6.54. The zero-order valence-electron chi connectivity index (χ0n) is 13.0. The Morgan fingerprint density at radius 1 is 1.12 bits per heavy atom. The molecule has 0 saturated carbocycles. The van der Waals surface area contributed by atoms with E-state index in [-0.39, 0.29) is 16.1 Å². The summed E-state index contributed by atoms with van der Waals surface area (Å²) < 4.78 is 39.5. The summed E-state index contributed by atoms with van der Waals surface area (Å²) in [7, 11) is 0. The van der Waals surface area contributed by atoms with Gasteiger partial charge in [0.25, 0.3) is 5.91 Å². The number of carbonyl (C=O) groups is 1. The quantitative estimate of drug-likeness (QED) is 0.797. The van der Waals surface area contributed by atoms with Gasteiger partial charge in [-0.3, -0.25) is 4.79 Å². The predicted octanol–water partition coefficient (Wildman–Crippen LogP) is 4.60. The molecule has 0 aromatic heterocycles. The number of alkyl halides is 3. The lowest BCUT2D eigenvalue weighted by molar-refractivity contribution is -0.0816. The monoisotopic (exact) mass is 402 g/mol. The third-order valence-corrected chi connectivity index (χ3v) is 4.37. The van der Waals surface area contributed by atoms with Gasteiger partial charge in [0.05, 0.1) is 6.42 Å². The van der Waals surface area contributed by atoms with Crippen LogP contribution in [0.2, 0.25) is 10.0 Å². The molecule has 0 spiro atoms. The van der Waals surface area contributed by atoms with Crippen LogP contribution in [0.25, 0.3) is 0 Å². The Morgan fingerprint density at radius 2 is 1.77 bits per heavy atom. The van der Waals surface area contributed by atoms with Crippen LogP contribution in [-0.4, -0.2) is 27.9 Å². The summed E-state index contributed by atoms with van der Waals surface area (Å²) >= 11 is 11.6. The van der Waals surface area contributed by atoms with Crippen molar-refractivity contribution in [1.82, 2.24) is 5.01 Å². The number of benzene rings is 2. The molecule has 0 radical (unpaired) electrons. The maximum absolute atomic E-state index is 13.2. The van der Waals surface area contributed by atoms with Gasteiger partial charge in [0.1, 0.15) is 5.71 Å². The number of aliphatic hydroxyl groups is 1. The van der Waals surface area contributed by atoms with Gasteiger partial charge < -0.3 is 5.11 Å². The smallest absolute Gasteiger partial charge is 0.365 e. The lowest BCUT2D eigenvalue weighted by Gasteiger charge is -2.31. The zero-order chi connectivity index (χ0) is 19.1. The molecule has 1 heterocycles. The summed E-state index contributed by atoms with van der Waals surface area (Å²) in [5.74, 6) is -0.913. The number of carbonyl (C=O) groups excluding carboxylic acids is 1. The number of hydrogen-bond acceptors (Lipinski definition) is 3. The maximum Gasteiger partial charge on any atom is 0.431 e. The summed E-state index contributed by atoms with van der Waals surface area (Å²) in [5, 5.41) is 15.3. The summed E-state index contributed by atoms with van der Waals surface area (Å²) in [6.45, 7) is 0. The molecule has 1 aliphatic rings. The summed E-state index contributed by atoms with van der Waals surface area (Å²) in [6, 6.07) is 11.1. The number of hydrazone groups is 1. The molecule has 1 aliphatic heterocycles. The van der Waals surface area contributed by atoms with Crippen molar-refractivity contribution in [2.24, 2.45) is 5.10 Å². The van der Waals surface area contributed by atoms with E-state index in [2.05, 4.69) is 5.10 Å². The fraction of sp³-hybridized carbons (Fsp3) is 0.176. The van der Waals surface area contributed by atoms with Crippen LogP contribution in [0.15, 0.2) is 53.6 Å². The van der Waals surface area contributed by atoms with Crippen LogP contribution in [0.3, 0.4) is 0 Å². The molecule has 2 aromatic carbocycles. The molecule has 0 aliphatic carbocycles. The minimum Gasteiger partial charge on any atom is -0.365 e. The highest BCUT2D eigenvalue weighted by Gasteiger charge is 2.53. The van der Waals surface area contributed by atoms with Crippen molar-refractivity contribution in [2.75, 3.05) is 0 Å². The van der Waals surface area contributed by atoms with E-state index in [0.29, 0.717) is 10.0 Å². The average molecular weight is 403 g/mol. The molecule has 0 fully saturated rings. The van der Waals surface area contributed by atoms with Crippen molar-refractivity contribution < 1.29 is 23.1 Å². The van der Waals surface area contributed by atoms with Crippen LogP contribution >= 0.6 is 23.2 Å². The van der Waals surface area contributed by atoms with Crippen molar-refractivity contribution in [3.63, 3.8) is 0 Å². The van der Waals surface area contributed by atoms with Crippen LogP contribution in [0.1, 0.15) is 22.3 Å². The molecule has 1 amide bonds. The van der Waals surface area contributed by atoms with Crippen LogP contribution < -0.4 is 0 Å². The van der Waals surface area contributed by atoms with Gasteiger partial charge in [-0.15, -0.1) is 0 Å². The molecule has 136 valence electrons. The van der Waals surface area contributed by atoms with Gasteiger partial charge in [0.2, 0.25) is 0 Å². The third kappa shape index (κ3) is 3.42. The van der Waals surface area contributed by atoms with Gasteiger partial charge in [0, 0.05) is 21.2 Å². The summed E-state index contributed by atoms with van der Waals surface area (Å²) in [6.07, 6.45) is -5.69. The van der Waals surface area contributed by atoms with E-state index in [1.807, 2.05) is 0 Å². The normalized spacial score (nSPS) is 20.2. The van der Waals surface area contributed by atoms with Gasteiger partial charge in [0.15, 0.2) is 5.72 Å². The van der Waals surface area contributed by atoms with E-state index in [1.165, 1.54) is 48.5 Å². The van der Waals surface area contributed by atoms with Gasteiger partial charge in [-0.1, -0.05) is 41.4 Å². The molecule has 0 unspecified atom stereocenters. The van der Waals surface area contributed by atoms with Crippen LogP contribution in [-0.2, 0) is 5.72 Å². The molecule has 26 heavy (non-hydrogen) atoms. The van der Waals surface area contributed by atoms with Crippen molar-refractivity contribution in [2.45, 2.75) is 18.3 Å². The minimum atomic E-state index is -4.79. The number of nitrogens with zero attached hydrogens (tertiary/aromatic N) is 2. The lowest BCUT2D eigenvalue weighted by Crippen LogP contribution is -2.43. The molecule has 3 rings (SSSR count). The molecule has 2 aromatic rings. The van der Waals surface area contributed by atoms with E-state index >= 15 is 0 Å². The molecular formula is C17H11Cl2F3N2O2. The van der Waals surface area contributed by atoms with Gasteiger partial charge in [-0.05, 0) is 30.3 Å². The molecule has 0 saturated heterocycles. The number of halogens is 5. The Labute approximate surface area is 156 Å². The standard InChI is InChI=1S/C17H11Cl2F3N2O2/c18-12-6-4-11(5-7-12)16(26)9-14(17(20,21)22)23-24(16)15(25)10-2-1-3-13(19)8-10/h1-8,26H,9H2/t16-/m1/s1. The number of rotatable bonds is 2. The van der Waals surface area contributed by atoms with E-state index in [4.69, 9.17) is 23.2 Å². The number of hydrogen-bond donors (Lipinski definition) is 1. The minimum absolute atomic E-state index is 0.00272. The second-order valence-electron chi connectivity index (χ2n) is 5.67. The fourth-order valence-electron chi connectivity index (χ4n) is 2.60. The molecule has 1 N–H and O–H groups in total. The highest BCUT2D eigenvalue weighted by Crippen LogP contribution is 2.40. The fourth-order valence-corrected chi connectivity index (χ4v) is 2.92. The van der Waals surface area contributed by atoms with Gasteiger partial charge >= 0.3 is 6.18 Å². The first kappa shape index (κ1) is 18.7. The van der Waals surface area contributed by atoms with Crippen molar-refractivity contribution >= 4 is 34.8 Å². The van der Waals surface area contributed by atoms with E-state index in [9.17, 15) is 23.1 Å². The zero-order valence-corrected chi connectivity index (χ0v) is 14.5. The lowest BCUT2D eigenvalue weighted by atomic mass is 9.96. The topological polar surface area (TPSA) is 52.9 Å². The van der Waals surface area contributed by atoms with Crippen molar-refractivity contribution in [1.29, 1.82) is 0 Å². The molecule has 1 atom stereocenters. The Hall–Kier alpha value is -2.09. The van der Waals surface area contributed by atoms with Gasteiger partial charge in [-0.2, -0.15) is 23.3 Å². The SMILES string of the molecule is O=C(c1cccc(Cl)c1)N1N=C(C(F)(F)F)C[C@@]1(O)c1ccc(Cl)cc1. The van der Waals surface area contributed by atoms with Gasteiger partial charge in [-0.25, -0.2) is 0 Å². The van der Waals surface area contributed by atoms with E-state index < -0.39 is 29.9 Å². The molecule has 0 bridgehead atoms. The Morgan fingerprint density at radius 3 is 2.35 bits per heavy atom. The van der Waals surface area contributed by atoms with Crippen molar-refractivity contribution in [3.05, 3.63) is 69.7 Å². The average Bonchev–Trinajstić information content (AvgIpc) is 2.94. The first-order valence-electron chi connectivity index (χ1n) is 7.34. The van der Waals surface area contributed by atoms with Crippen LogP contribution in [0.5, 0.6) is 0 Å². The Balaban J connectivity index is 2.08. The van der Waals surface area contributed by atoms with E-state index in [0.717, 1.165) is 0 Å². The molecule has 4 nitrogen and oxygen atoms in total. The highest BCUT2D eigenvalue weighted by atomic mass is 35.5. The third-order valence-electron chi connectivity index (χ3n) is 3.88. The maximum atomic E-state index is 13.2. The summed E-state index contributed by atoms with van der Waals surface area (Å²) in [5.41, 5.74) is -3.50. The Kier molecular flexibility index (Phi) is 4.72. The summed E-state index contributed by atoms with van der Waals surface area (Å²) in [4.78, 5) is 12.7. The first-order valence-corrected chi connectivity index (χ1v) is 8.10. The van der Waals surface area contributed by atoms with Crippen molar-refractivity contribution in [3.8, 4) is 0 Å². The van der Waals surface area contributed by atoms with E-state index in [1.54, 1.807) is 0 Å².